The van der Waals surface area contributed by atoms with Crippen molar-refractivity contribution in [2.75, 3.05) is 37.7 Å². The van der Waals surface area contributed by atoms with Crippen LogP contribution in [0.25, 0.3) is 0 Å². The van der Waals surface area contributed by atoms with Gasteiger partial charge < -0.3 is 15.0 Å². The Morgan fingerprint density at radius 2 is 2.04 bits per heavy atom. The van der Waals surface area contributed by atoms with Gasteiger partial charge in [-0.2, -0.15) is 4.98 Å². The Kier molecular flexibility index (Phi) is 5.58. The third kappa shape index (κ3) is 4.41. The molecule has 1 aromatic heterocycles. The Labute approximate surface area is 162 Å². The van der Waals surface area contributed by atoms with Crippen LogP contribution in [-0.2, 0) is 12.8 Å². The monoisotopic (exact) mass is 366 g/mol. The molecule has 0 unspecified atom stereocenters. The average molecular weight is 367 g/mol. The van der Waals surface area contributed by atoms with Crippen LogP contribution in [0.2, 0.25) is 0 Å². The zero-order valence-electron chi connectivity index (χ0n) is 16.5. The summed E-state index contributed by atoms with van der Waals surface area (Å²) >= 11 is 0. The Hall–Kier alpha value is -2.14. The molecule has 0 saturated heterocycles. The standard InChI is InChI=1S/C22H30N4O/c1-3-26(18-6-4-5-16(2)15-18)13-14-27-22-19-9-11-23-12-10-20(19)24-21(25-22)17-7-8-17/h4-6,15,17,23H,3,7-14H2,1-2H3. The lowest BCUT2D eigenvalue weighted by Crippen LogP contribution is -2.28. The van der Waals surface area contributed by atoms with Gasteiger partial charge >= 0.3 is 0 Å². The van der Waals surface area contributed by atoms with Crippen LogP contribution in [0.4, 0.5) is 5.69 Å². The number of nitrogens with zero attached hydrogens (tertiary/aromatic N) is 3. The zero-order chi connectivity index (χ0) is 18.6. The van der Waals surface area contributed by atoms with Crippen molar-refractivity contribution < 1.29 is 4.74 Å². The maximum Gasteiger partial charge on any atom is 0.220 e. The molecule has 0 atom stereocenters. The van der Waals surface area contributed by atoms with E-state index in [0.29, 0.717) is 12.5 Å². The van der Waals surface area contributed by atoms with Gasteiger partial charge in [0, 0.05) is 36.7 Å². The number of benzene rings is 1. The summed E-state index contributed by atoms with van der Waals surface area (Å²) in [5, 5.41) is 3.46. The Bertz CT molecular complexity index is 788. The normalized spacial score (nSPS) is 16.5. The van der Waals surface area contributed by atoms with Crippen LogP contribution in [0.15, 0.2) is 24.3 Å². The van der Waals surface area contributed by atoms with Gasteiger partial charge in [-0.3, -0.25) is 0 Å². The highest BCUT2D eigenvalue weighted by atomic mass is 16.5. The first kappa shape index (κ1) is 18.2. The van der Waals surface area contributed by atoms with Crippen molar-refractivity contribution in [3.8, 4) is 5.88 Å². The maximum atomic E-state index is 6.24. The minimum Gasteiger partial charge on any atom is -0.475 e. The van der Waals surface area contributed by atoms with Gasteiger partial charge in [-0.15, -0.1) is 0 Å². The maximum absolute atomic E-state index is 6.24. The molecule has 1 N–H and O–H groups in total. The fraction of sp³-hybridized carbons (Fsp3) is 0.545. The summed E-state index contributed by atoms with van der Waals surface area (Å²) in [6, 6.07) is 8.66. The third-order valence-electron chi connectivity index (χ3n) is 5.45. The molecule has 0 bridgehead atoms. The molecule has 0 radical (unpaired) electrons. The van der Waals surface area contributed by atoms with E-state index in [-0.39, 0.29) is 0 Å². The van der Waals surface area contributed by atoms with Crippen molar-refractivity contribution in [3.05, 3.63) is 46.9 Å². The highest BCUT2D eigenvalue weighted by Gasteiger charge is 2.29. The van der Waals surface area contributed by atoms with E-state index in [1.807, 2.05) is 0 Å². The van der Waals surface area contributed by atoms with E-state index in [1.165, 1.54) is 35.3 Å². The minimum absolute atomic E-state index is 0.549. The molecular formula is C22H30N4O. The molecule has 5 heteroatoms. The van der Waals surface area contributed by atoms with Gasteiger partial charge in [-0.1, -0.05) is 12.1 Å². The molecule has 2 aliphatic rings. The van der Waals surface area contributed by atoms with E-state index in [4.69, 9.17) is 14.7 Å². The summed E-state index contributed by atoms with van der Waals surface area (Å²) in [5.41, 5.74) is 4.95. The van der Waals surface area contributed by atoms with Crippen LogP contribution in [0.3, 0.4) is 0 Å². The van der Waals surface area contributed by atoms with Crippen LogP contribution in [0.5, 0.6) is 5.88 Å². The largest absolute Gasteiger partial charge is 0.475 e. The third-order valence-corrected chi connectivity index (χ3v) is 5.45. The molecule has 5 nitrogen and oxygen atoms in total. The van der Waals surface area contributed by atoms with Gasteiger partial charge in [0.15, 0.2) is 0 Å². The van der Waals surface area contributed by atoms with Crippen molar-refractivity contribution in [3.63, 3.8) is 0 Å². The predicted molar refractivity (Wildman–Crippen MR) is 109 cm³/mol. The number of anilines is 1. The summed E-state index contributed by atoms with van der Waals surface area (Å²) in [7, 11) is 0. The molecule has 0 spiro atoms. The number of rotatable bonds is 7. The van der Waals surface area contributed by atoms with E-state index in [0.717, 1.165) is 50.7 Å². The van der Waals surface area contributed by atoms with Gasteiger partial charge in [-0.05, 0) is 57.4 Å². The van der Waals surface area contributed by atoms with E-state index >= 15 is 0 Å². The number of ether oxygens (including phenoxy) is 1. The molecule has 1 saturated carbocycles. The zero-order valence-corrected chi connectivity index (χ0v) is 16.5. The second kappa shape index (κ2) is 8.26. The topological polar surface area (TPSA) is 50.3 Å². The van der Waals surface area contributed by atoms with Crippen molar-refractivity contribution in [2.45, 2.75) is 45.4 Å². The molecule has 1 aliphatic heterocycles. The van der Waals surface area contributed by atoms with Crippen LogP contribution in [-0.4, -0.2) is 42.8 Å². The number of nitrogens with one attached hydrogen (secondary N) is 1. The quantitative estimate of drug-likeness (QED) is 0.815. The first-order valence-electron chi connectivity index (χ1n) is 10.3. The molecule has 2 heterocycles. The minimum atomic E-state index is 0.549. The molecule has 2 aromatic rings. The fourth-order valence-electron chi connectivity index (χ4n) is 3.72. The van der Waals surface area contributed by atoms with Gasteiger partial charge in [-0.25, -0.2) is 4.98 Å². The molecular weight excluding hydrogens is 336 g/mol. The fourth-order valence-corrected chi connectivity index (χ4v) is 3.72. The number of likely N-dealkylation sites (N-methyl/N-ethyl adjacent to an activating group) is 1. The van der Waals surface area contributed by atoms with Crippen molar-refractivity contribution in [1.29, 1.82) is 0 Å². The summed E-state index contributed by atoms with van der Waals surface area (Å²) in [6.07, 6.45) is 4.35. The summed E-state index contributed by atoms with van der Waals surface area (Å²) < 4.78 is 6.24. The predicted octanol–water partition coefficient (Wildman–Crippen LogP) is 3.26. The Morgan fingerprint density at radius 1 is 1.19 bits per heavy atom. The lowest BCUT2D eigenvalue weighted by Gasteiger charge is -2.24. The first-order chi connectivity index (χ1) is 13.2. The number of aromatic nitrogens is 2. The highest BCUT2D eigenvalue weighted by Crippen LogP contribution is 2.39. The number of aryl methyl sites for hydroxylation is 1. The number of hydrogen-bond acceptors (Lipinski definition) is 5. The molecule has 1 fully saturated rings. The van der Waals surface area contributed by atoms with E-state index in [9.17, 15) is 0 Å². The van der Waals surface area contributed by atoms with Crippen molar-refractivity contribution in [1.82, 2.24) is 15.3 Å². The highest BCUT2D eigenvalue weighted by molar-refractivity contribution is 5.48. The van der Waals surface area contributed by atoms with E-state index in [1.54, 1.807) is 0 Å². The Balaban J connectivity index is 1.47. The van der Waals surface area contributed by atoms with Crippen LogP contribution < -0.4 is 15.0 Å². The van der Waals surface area contributed by atoms with Gasteiger partial charge in [0.2, 0.25) is 5.88 Å². The Morgan fingerprint density at radius 3 is 2.81 bits per heavy atom. The summed E-state index contributed by atoms with van der Waals surface area (Å²) in [5.74, 6) is 2.37. The van der Waals surface area contributed by atoms with Crippen LogP contribution in [0.1, 0.15) is 48.3 Å². The van der Waals surface area contributed by atoms with E-state index in [2.05, 4.69) is 48.3 Å². The molecule has 27 heavy (non-hydrogen) atoms. The van der Waals surface area contributed by atoms with Crippen LogP contribution in [0, 0.1) is 6.92 Å². The molecule has 0 amide bonds. The summed E-state index contributed by atoms with van der Waals surface area (Å²) in [4.78, 5) is 12.0. The molecule has 144 valence electrons. The summed E-state index contributed by atoms with van der Waals surface area (Å²) in [6.45, 7) is 8.75. The second-order valence-electron chi connectivity index (χ2n) is 7.60. The van der Waals surface area contributed by atoms with Gasteiger partial charge in [0.1, 0.15) is 12.4 Å². The first-order valence-corrected chi connectivity index (χ1v) is 10.3. The van der Waals surface area contributed by atoms with Gasteiger partial charge in [0.05, 0.1) is 12.2 Å². The average Bonchev–Trinajstić information content (AvgIpc) is 3.51. The van der Waals surface area contributed by atoms with E-state index < -0.39 is 0 Å². The second-order valence-corrected chi connectivity index (χ2v) is 7.60. The van der Waals surface area contributed by atoms with Crippen molar-refractivity contribution >= 4 is 5.69 Å². The van der Waals surface area contributed by atoms with Crippen LogP contribution >= 0.6 is 0 Å². The molecule has 4 rings (SSSR count). The SMILES string of the molecule is CCN(CCOc1nc(C2CC2)nc2c1CCNCC2)c1cccc(C)c1. The molecule has 1 aromatic carbocycles. The molecule has 1 aliphatic carbocycles. The lowest BCUT2D eigenvalue weighted by molar-refractivity contribution is 0.306. The lowest BCUT2D eigenvalue weighted by atomic mass is 10.1. The van der Waals surface area contributed by atoms with Crippen molar-refractivity contribution in [2.24, 2.45) is 0 Å². The smallest absolute Gasteiger partial charge is 0.220 e. The number of fused-ring (bicyclic) bond motifs is 1. The van der Waals surface area contributed by atoms with Gasteiger partial charge in [0.25, 0.3) is 0 Å². The number of hydrogen-bond donors (Lipinski definition) is 1.